The first kappa shape index (κ1) is 14.5. The van der Waals surface area contributed by atoms with Crippen molar-refractivity contribution in [2.75, 3.05) is 26.9 Å². The van der Waals surface area contributed by atoms with E-state index in [0.29, 0.717) is 13.0 Å². The molecule has 0 radical (unpaired) electrons. The van der Waals surface area contributed by atoms with E-state index in [0.717, 1.165) is 19.1 Å². The second-order valence-corrected chi connectivity index (χ2v) is 4.62. The van der Waals surface area contributed by atoms with Crippen LogP contribution in [0.2, 0.25) is 0 Å². The maximum atomic E-state index is 11.4. The van der Waals surface area contributed by atoms with E-state index in [9.17, 15) is 4.79 Å². The molecule has 0 bridgehead atoms. The summed E-state index contributed by atoms with van der Waals surface area (Å²) in [5.41, 5.74) is 0. The van der Waals surface area contributed by atoms with Crippen LogP contribution in [-0.4, -0.2) is 38.9 Å². The van der Waals surface area contributed by atoms with Gasteiger partial charge in [0.1, 0.15) is 6.04 Å². The maximum Gasteiger partial charge on any atom is 0.322 e. The van der Waals surface area contributed by atoms with Gasteiger partial charge in [-0.1, -0.05) is 26.2 Å². The molecule has 0 aromatic rings. The first-order valence-corrected chi connectivity index (χ1v) is 6.66. The first-order valence-electron chi connectivity index (χ1n) is 6.66. The zero-order chi connectivity index (χ0) is 12.5. The van der Waals surface area contributed by atoms with Gasteiger partial charge in [0, 0.05) is 13.2 Å². The van der Waals surface area contributed by atoms with Crippen LogP contribution >= 0.6 is 0 Å². The van der Waals surface area contributed by atoms with Gasteiger partial charge in [-0.05, 0) is 25.3 Å². The number of likely N-dealkylation sites (N-methyl/N-ethyl adjacent to an activating group) is 1. The standard InChI is InChI=1S/C13H25NO3/c1-3-14-12(13(15)16-2)8-10-17-9-7-11-5-4-6-11/h11-12,14H,3-10H2,1-2H3. The topological polar surface area (TPSA) is 47.6 Å². The molecule has 17 heavy (non-hydrogen) atoms. The summed E-state index contributed by atoms with van der Waals surface area (Å²) in [4.78, 5) is 11.4. The van der Waals surface area contributed by atoms with Crippen molar-refractivity contribution in [1.82, 2.24) is 5.32 Å². The third kappa shape index (κ3) is 5.50. The van der Waals surface area contributed by atoms with Crippen LogP contribution in [0.15, 0.2) is 0 Å². The van der Waals surface area contributed by atoms with Crippen LogP contribution in [0.5, 0.6) is 0 Å². The summed E-state index contributed by atoms with van der Waals surface area (Å²) < 4.78 is 10.3. The van der Waals surface area contributed by atoms with E-state index in [2.05, 4.69) is 5.32 Å². The van der Waals surface area contributed by atoms with Crippen LogP contribution in [0.3, 0.4) is 0 Å². The number of hydrogen-bond donors (Lipinski definition) is 1. The molecule has 0 spiro atoms. The van der Waals surface area contributed by atoms with Gasteiger partial charge in [0.15, 0.2) is 0 Å². The molecule has 0 aromatic carbocycles. The highest BCUT2D eigenvalue weighted by molar-refractivity contribution is 5.75. The largest absolute Gasteiger partial charge is 0.468 e. The van der Waals surface area contributed by atoms with Crippen molar-refractivity contribution in [1.29, 1.82) is 0 Å². The molecule has 1 N–H and O–H groups in total. The summed E-state index contributed by atoms with van der Waals surface area (Å²) in [5.74, 6) is 0.689. The zero-order valence-electron chi connectivity index (χ0n) is 11.0. The minimum atomic E-state index is -0.228. The van der Waals surface area contributed by atoms with Crippen molar-refractivity contribution in [3.8, 4) is 0 Å². The lowest BCUT2D eigenvalue weighted by atomic mass is 9.83. The SMILES string of the molecule is CCNC(CCOCCC1CCC1)C(=O)OC. The molecule has 1 atom stereocenters. The highest BCUT2D eigenvalue weighted by atomic mass is 16.5. The third-order valence-electron chi connectivity index (χ3n) is 3.38. The number of carbonyl (C=O) groups is 1. The number of methoxy groups -OCH3 is 1. The van der Waals surface area contributed by atoms with E-state index in [1.165, 1.54) is 32.8 Å². The Morgan fingerprint density at radius 1 is 1.41 bits per heavy atom. The van der Waals surface area contributed by atoms with Crippen molar-refractivity contribution in [3.63, 3.8) is 0 Å². The molecule has 4 heteroatoms. The molecule has 1 saturated carbocycles. The molecular formula is C13H25NO3. The van der Waals surface area contributed by atoms with Crippen LogP contribution in [0.4, 0.5) is 0 Å². The summed E-state index contributed by atoms with van der Waals surface area (Å²) in [5, 5.41) is 3.10. The molecule has 1 aliphatic rings. The minimum Gasteiger partial charge on any atom is -0.468 e. The maximum absolute atomic E-state index is 11.4. The molecule has 1 aliphatic carbocycles. The Kier molecular flexibility index (Phi) is 7.21. The van der Waals surface area contributed by atoms with Gasteiger partial charge in [-0.2, -0.15) is 0 Å². The lowest BCUT2D eigenvalue weighted by Crippen LogP contribution is -2.38. The van der Waals surface area contributed by atoms with Crippen LogP contribution in [-0.2, 0) is 14.3 Å². The minimum absolute atomic E-state index is 0.200. The highest BCUT2D eigenvalue weighted by Crippen LogP contribution is 2.29. The van der Waals surface area contributed by atoms with Gasteiger partial charge in [-0.3, -0.25) is 4.79 Å². The number of esters is 1. The lowest BCUT2D eigenvalue weighted by molar-refractivity contribution is -0.143. The lowest BCUT2D eigenvalue weighted by Gasteiger charge is -2.25. The van der Waals surface area contributed by atoms with Crippen molar-refractivity contribution >= 4 is 5.97 Å². The average molecular weight is 243 g/mol. The second kappa shape index (κ2) is 8.48. The zero-order valence-corrected chi connectivity index (χ0v) is 11.0. The molecule has 0 aliphatic heterocycles. The smallest absolute Gasteiger partial charge is 0.322 e. The van der Waals surface area contributed by atoms with Crippen LogP contribution in [0.25, 0.3) is 0 Å². The molecule has 100 valence electrons. The summed E-state index contributed by atoms with van der Waals surface area (Å²) in [6, 6.07) is -0.228. The number of rotatable bonds is 9. The van der Waals surface area contributed by atoms with Gasteiger partial charge in [0.2, 0.25) is 0 Å². The Morgan fingerprint density at radius 3 is 2.71 bits per heavy atom. The summed E-state index contributed by atoms with van der Waals surface area (Å²) in [6.45, 7) is 4.19. The average Bonchev–Trinajstić information content (AvgIpc) is 2.28. The van der Waals surface area contributed by atoms with Gasteiger partial charge in [0.05, 0.1) is 7.11 Å². The van der Waals surface area contributed by atoms with Crippen LogP contribution in [0.1, 0.15) is 39.0 Å². The van der Waals surface area contributed by atoms with E-state index in [-0.39, 0.29) is 12.0 Å². The molecule has 1 rings (SSSR count). The Labute approximate surface area is 104 Å². The number of nitrogens with one attached hydrogen (secondary N) is 1. The predicted octanol–water partition coefficient (Wildman–Crippen LogP) is 1.73. The fourth-order valence-corrected chi connectivity index (χ4v) is 2.03. The second-order valence-electron chi connectivity index (χ2n) is 4.62. The number of carbonyl (C=O) groups excluding carboxylic acids is 1. The normalized spacial score (nSPS) is 17.5. The Morgan fingerprint density at radius 2 is 2.18 bits per heavy atom. The fraction of sp³-hybridized carbons (Fsp3) is 0.923. The van der Waals surface area contributed by atoms with Gasteiger partial charge in [0.25, 0.3) is 0 Å². The fourth-order valence-electron chi connectivity index (χ4n) is 2.03. The Balaban J connectivity index is 2.02. The molecule has 1 unspecified atom stereocenters. The molecule has 0 aromatic heterocycles. The van der Waals surface area contributed by atoms with Gasteiger partial charge in [-0.25, -0.2) is 0 Å². The monoisotopic (exact) mass is 243 g/mol. The van der Waals surface area contributed by atoms with Gasteiger partial charge < -0.3 is 14.8 Å². The highest BCUT2D eigenvalue weighted by Gasteiger charge is 2.18. The molecule has 1 fully saturated rings. The van der Waals surface area contributed by atoms with E-state index in [1.54, 1.807) is 0 Å². The summed E-state index contributed by atoms with van der Waals surface area (Å²) in [6.07, 6.45) is 5.97. The van der Waals surface area contributed by atoms with E-state index in [4.69, 9.17) is 9.47 Å². The van der Waals surface area contributed by atoms with Crippen LogP contribution < -0.4 is 5.32 Å². The van der Waals surface area contributed by atoms with E-state index < -0.39 is 0 Å². The molecule has 0 heterocycles. The molecular weight excluding hydrogens is 218 g/mol. The molecule has 4 nitrogen and oxygen atoms in total. The predicted molar refractivity (Wildman–Crippen MR) is 66.9 cm³/mol. The summed E-state index contributed by atoms with van der Waals surface area (Å²) >= 11 is 0. The van der Waals surface area contributed by atoms with Gasteiger partial charge in [-0.15, -0.1) is 0 Å². The van der Waals surface area contributed by atoms with E-state index >= 15 is 0 Å². The van der Waals surface area contributed by atoms with Crippen molar-refractivity contribution in [2.24, 2.45) is 5.92 Å². The quantitative estimate of drug-likeness (QED) is 0.495. The Hall–Kier alpha value is -0.610. The Bertz CT molecular complexity index is 217. The summed E-state index contributed by atoms with van der Waals surface area (Å²) in [7, 11) is 1.42. The molecule has 0 saturated heterocycles. The molecule has 0 amide bonds. The third-order valence-corrected chi connectivity index (χ3v) is 3.38. The van der Waals surface area contributed by atoms with Crippen molar-refractivity contribution in [3.05, 3.63) is 0 Å². The van der Waals surface area contributed by atoms with Crippen molar-refractivity contribution in [2.45, 2.75) is 45.1 Å². The first-order chi connectivity index (χ1) is 8.27. The number of ether oxygens (including phenoxy) is 2. The van der Waals surface area contributed by atoms with E-state index in [1.807, 2.05) is 6.92 Å². The number of hydrogen-bond acceptors (Lipinski definition) is 4. The van der Waals surface area contributed by atoms with Gasteiger partial charge >= 0.3 is 5.97 Å². The van der Waals surface area contributed by atoms with Crippen molar-refractivity contribution < 1.29 is 14.3 Å². The van der Waals surface area contributed by atoms with Crippen LogP contribution in [0, 0.1) is 5.92 Å².